The number of ether oxygens (including phenoxy) is 1. The van der Waals surface area contributed by atoms with Gasteiger partial charge in [-0.05, 0) is 11.6 Å². The average molecular weight is 332 g/mol. The van der Waals surface area contributed by atoms with Crippen LogP contribution in [0.5, 0.6) is 0 Å². The molecular weight excluding hydrogens is 312 g/mol. The molecule has 1 aromatic rings. The van der Waals surface area contributed by atoms with Gasteiger partial charge in [0, 0.05) is 45.6 Å². The van der Waals surface area contributed by atoms with E-state index in [1.165, 1.54) is 11.4 Å². The summed E-state index contributed by atoms with van der Waals surface area (Å²) in [6, 6.07) is 3.57. The van der Waals surface area contributed by atoms with Gasteiger partial charge in [-0.25, -0.2) is 0 Å². The van der Waals surface area contributed by atoms with E-state index in [4.69, 9.17) is 22.7 Å². The lowest BCUT2D eigenvalue weighted by Crippen LogP contribution is -2.42. The summed E-state index contributed by atoms with van der Waals surface area (Å²) in [5, 5.41) is 0. The Morgan fingerprint density at radius 2 is 2.33 bits per heavy atom. The molecule has 0 saturated carbocycles. The Balaban J connectivity index is 2.77. The minimum atomic E-state index is -3.63. The van der Waals surface area contributed by atoms with Gasteiger partial charge in [0.05, 0.1) is 11.6 Å². The van der Waals surface area contributed by atoms with Crippen LogP contribution in [0, 0.1) is 0 Å². The first-order valence-corrected chi connectivity index (χ1v) is 8.21. The highest BCUT2D eigenvalue weighted by Gasteiger charge is 2.21. The fraction of sp³-hybridized carbons (Fsp3) is 0.500. The largest absolute Gasteiger partial charge is 0.393 e. The molecule has 0 unspecified atom stereocenters. The first-order chi connectivity index (χ1) is 9.95. The topological polar surface area (TPSA) is 97.5 Å². The Labute approximate surface area is 130 Å². The molecule has 0 radical (unpaired) electrons. The van der Waals surface area contributed by atoms with Gasteiger partial charge < -0.3 is 10.5 Å². The zero-order chi connectivity index (χ0) is 15.7. The second-order valence-corrected chi connectivity index (χ2v) is 6.58. The van der Waals surface area contributed by atoms with Gasteiger partial charge in [0.1, 0.15) is 0 Å². The summed E-state index contributed by atoms with van der Waals surface area (Å²) >= 11 is 4.81. The Morgan fingerprint density at radius 3 is 2.90 bits per heavy atom. The number of thiocarbonyl (C=S) groups is 1. The smallest absolute Gasteiger partial charge is 0.279 e. The summed E-state index contributed by atoms with van der Waals surface area (Å²) in [5.41, 5.74) is 6.25. The van der Waals surface area contributed by atoms with Crippen LogP contribution in [0.25, 0.3) is 0 Å². The second kappa shape index (κ2) is 9.00. The maximum Gasteiger partial charge on any atom is 0.279 e. The second-order valence-electron chi connectivity index (χ2n) is 4.30. The average Bonchev–Trinajstić information content (AvgIpc) is 2.44. The van der Waals surface area contributed by atoms with E-state index >= 15 is 0 Å². The first-order valence-electron chi connectivity index (χ1n) is 6.36. The highest BCUT2D eigenvalue weighted by molar-refractivity contribution is 7.87. The normalized spacial score (nSPS) is 11.7. The molecule has 0 fully saturated rings. The summed E-state index contributed by atoms with van der Waals surface area (Å²) in [7, 11) is -2.12. The zero-order valence-electron chi connectivity index (χ0n) is 11.9. The van der Waals surface area contributed by atoms with Gasteiger partial charge in [-0.15, -0.1) is 0 Å². The molecule has 1 rings (SSSR count). The first kappa shape index (κ1) is 17.9. The number of rotatable bonds is 10. The molecule has 0 spiro atoms. The lowest BCUT2D eigenvalue weighted by molar-refractivity contribution is 0.203. The zero-order valence-corrected chi connectivity index (χ0v) is 13.5. The summed E-state index contributed by atoms with van der Waals surface area (Å²) in [4.78, 5) is 4.25. The summed E-state index contributed by atoms with van der Waals surface area (Å²) in [6.07, 6.45) is 3.58. The van der Waals surface area contributed by atoms with Crippen molar-refractivity contribution in [2.45, 2.75) is 13.0 Å². The molecular formula is C12H20N4O3S2. The molecule has 0 aliphatic rings. The van der Waals surface area contributed by atoms with Crippen LogP contribution in [0.3, 0.4) is 0 Å². The summed E-state index contributed by atoms with van der Waals surface area (Å²) in [6.45, 7) is 0.927. The molecule has 0 amide bonds. The molecule has 3 N–H and O–H groups in total. The Morgan fingerprint density at radius 1 is 1.57 bits per heavy atom. The highest BCUT2D eigenvalue weighted by atomic mass is 32.2. The van der Waals surface area contributed by atoms with E-state index in [1.807, 2.05) is 6.07 Å². The summed E-state index contributed by atoms with van der Waals surface area (Å²) in [5.74, 6) is 0. The molecule has 0 saturated heterocycles. The molecule has 0 aliphatic heterocycles. The van der Waals surface area contributed by atoms with Crippen molar-refractivity contribution in [3.05, 3.63) is 30.1 Å². The number of hydrogen-bond donors (Lipinski definition) is 2. The maximum atomic E-state index is 12.3. The van der Waals surface area contributed by atoms with Crippen molar-refractivity contribution >= 4 is 27.4 Å². The van der Waals surface area contributed by atoms with E-state index in [-0.39, 0.29) is 24.6 Å². The number of aromatic nitrogens is 1. The van der Waals surface area contributed by atoms with Crippen LogP contribution in [-0.2, 0) is 21.5 Å². The Bertz CT molecular complexity index is 537. The van der Waals surface area contributed by atoms with E-state index in [9.17, 15) is 8.42 Å². The molecule has 0 atom stereocenters. The van der Waals surface area contributed by atoms with Crippen LogP contribution in [0.15, 0.2) is 24.5 Å². The van der Waals surface area contributed by atoms with Gasteiger partial charge in [0.15, 0.2) is 0 Å². The van der Waals surface area contributed by atoms with Crippen molar-refractivity contribution in [3.63, 3.8) is 0 Å². The monoisotopic (exact) mass is 332 g/mol. The molecule has 21 heavy (non-hydrogen) atoms. The van der Waals surface area contributed by atoms with Crippen LogP contribution in [-0.4, -0.2) is 49.5 Å². The minimum Gasteiger partial charge on any atom is -0.393 e. The third kappa shape index (κ3) is 6.91. The lowest BCUT2D eigenvalue weighted by atomic mass is 10.3. The van der Waals surface area contributed by atoms with E-state index in [2.05, 4.69) is 9.71 Å². The standard InChI is InChI=1S/C12H20N4O3S2/c1-19-8-6-15-21(17,18)16(7-4-12(13)20)10-11-3-2-5-14-9-11/h2-3,5,9,15H,4,6-8,10H2,1H3,(H2,13,20). The number of methoxy groups -OCH3 is 1. The molecule has 0 aliphatic carbocycles. The minimum absolute atomic E-state index is 0.204. The number of nitrogens with two attached hydrogens (primary N) is 1. The van der Waals surface area contributed by atoms with Gasteiger partial charge >= 0.3 is 0 Å². The molecule has 1 heterocycles. The fourth-order valence-electron chi connectivity index (χ4n) is 1.58. The number of hydrogen-bond acceptors (Lipinski definition) is 5. The Kier molecular flexibility index (Phi) is 7.68. The van der Waals surface area contributed by atoms with Crippen molar-refractivity contribution < 1.29 is 13.2 Å². The van der Waals surface area contributed by atoms with Crippen molar-refractivity contribution in [1.29, 1.82) is 0 Å². The van der Waals surface area contributed by atoms with Gasteiger partial charge in [0.2, 0.25) is 0 Å². The quantitative estimate of drug-likeness (QED) is 0.464. The molecule has 9 heteroatoms. The maximum absolute atomic E-state index is 12.3. The number of nitrogens with one attached hydrogen (secondary N) is 1. The van der Waals surface area contributed by atoms with Gasteiger partial charge in [-0.1, -0.05) is 18.3 Å². The van der Waals surface area contributed by atoms with E-state index in [0.717, 1.165) is 5.56 Å². The van der Waals surface area contributed by atoms with Crippen molar-refractivity contribution in [3.8, 4) is 0 Å². The van der Waals surface area contributed by atoms with Crippen molar-refractivity contribution in [2.24, 2.45) is 5.73 Å². The Hall–Kier alpha value is -1.13. The van der Waals surface area contributed by atoms with Crippen LogP contribution >= 0.6 is 12.2 Å². The van der Waals surface area contributed by atoms with Gasteiger partial charge in [-0.3, -0.25) is 4.98 Å². The third-order valence-electron chi connectivity index (χ3n) is 2.62. The van der Waals surface area contributed by atoms with Gasteiger partial charge in [0.25, 0.3) is 10.2 Å². The van der Waals surface area contributed by atoms with E-state index < -0.39 is 10.2 Å². The SMILES string of the molecule is COCCNS(=O)(=O)N(CCC(N)=S)Cc1cccnc1. The molecule has 1 aromatic heterocycles. The van der Waals surface area contributed by atoms with Crippen molar-refractivity contribution in [1.82, 2.24) is 14.0 Å². The number of pyridine rings is 1. The van der Waals surface area contributed by atoms with Crippen LogP contribution in [0.4, 0.5) is 0 Å². The van der Waals surface area contributed by atoms with Crippen LogP contribution < -0.4 is 10.5 Å². The predicted octanol–water partition coefficient (Wildman–Crippen LogP) is 0.0406. The predicted molar refractivity (Wildman–Crippen MR) is 84.8 cm³/mol. The summed E-state index contributed by atoms with van der Waals surface area (Å²) < 4.78 is 33.2. The van der Waals surface area contributed by atoms with Crippen LogP contribution in [0.1, 0.15) is 12.0 Å². The van der Waals surface area contributed by atoms with E-state index in [1.54, 1.807) is 18.5 Å². The molecule has 0 bridgehead atoms. The van der Waals surface area contributed by atoms with Gasteiger partial charge in [-0.2, -0.15) is 17.4 Å². The number of nitrogens with zero attached hydrogens (tertiary/aromatic N) is 2. The lowest BCUT2D eigenvalue weighted by Gasteiger charge is -2.22. The third-order valence-corrected chi connectivity index (χ3v) is 4.38. The fourth-order valence-corrected chi connectivity index (χ4v) is 2.84. The molecule has 7 nitrogen and oxygen atoms in total. The highest BCUT2D eigenvalue weighted by Crippen LogP contribution is 2.08. The van der Waals surface area contributed by atoms with Crippen molar-refractivity contribution in [2.75, 3.05) is 26.8 Å². The molecule has 0 aromatic carbocycles. The molecule has 118 valence electrons. The van der Waals surface area contributed by atoms with E-state index in [0.29, 0.717) is 13.0 Å². The van der Waals surface area contributed by atoms with Crippen LogP contribution in [0.2, 0.25) is 0 Å².